The Morgan fingerprint density at radius 3 is 2.33 bits per heavy atom. The Morgan fingerprint density at radius 1 is 1.33 bits per heavy atom. The van der Waals surface area contributed by atoms with Crippen LogP contribution >= 0.6 is 11.3 Å². The van der Waals surface area contributed by atoms with Gasteiger partial charge in [-0.3, -0.25) is 0 Å². The number of rotatable bonds is 3. The Kier molecular flexibility index (Phi) is 3.29. The lowest BCUT2D eigenvalue weighted by atomic mass is 9.92. The van der Waals surface area contributed by atoms with Crippen molar-refractivity contribution >= 4 is 16.5 Å². The number of thiazole rings is 1. The van der Waals surface area contributed by atoms with Crippen molar-refractivity contribution in [3.63, 3.8) is 0 Å². The summed E-state index contributed by atoms with van der Waals surface area (Å²) < 4.78 is 0. The molecule has 15 heavy (non-hydrogen) atoms. The Balaban J connectivity index is 2.07. The molecule has 0 N–H and O–H groups in total. The minimum Gasteiger partial charge on any atom is -0.348 e. The van der Waals surface area contributed by atoms with E-state index in [2.05, 4.69) is 30.7 Å². The first-order chi connectivity index (χ1) is 7.24. The van der Waals surface area contributed by atoms with Crippen LogP contribution in [-0.4, -0.2) is 18.1 Å². The molecular weight excluding hydrogens is 204 g/mol. The van der Waals surface area contributed by atoms with Crippen LogP contribution in [0.2, 0.25) is 0 Å². The molecule has 0 amide bonds. The highest BCUT2D eigenvalue weighted by Gasteiger charge is 2.31. The molecule has 0 radical (unpaired) electrons. The highest BCUT2D eigenvalue weighted by atomic mass is 32.1. The molecule has 3 heteroatoms. The maximum atomic E-state index is 4.48. The smallest absolute Gasteiger partial charge is 0.185 e. The van der Waals surface area contributed by atoms with E-state index in [1.165, 1.54) is 35.9 Å². The largest absolute Gasteiger partial charge is 0.348 e. The van der Waals surface area contributed by atoms with Crippen molar-refractivity contribution in [1.29, 1.82) is 0 Å². The van der Waals surface area contributed by atoms with Gasteiger partial charge in [0, 0.05) is 24.2 Å². The Morgan fingerprint density at radius 2 is 1.93 bits per heavy atom. The van der Waals surface area contributed by atoms with E-state index in [-0.39, 0.29) is 0 Å². The van der Waals surface area contributed by atoms with Crippen LogP contribution in [0.1, 0.15) is 31.6 Å². The zero-order valence-corrected chi connectivity index (χ0v) is 10.7. The molecule has 0 bridgehead atoms. The second-order valence-corrected chi connectivity index (χ2v) is 5.71. The van der Waals surface area contributed by atoms with Crippen LogP contribution < -0.4 is 4.90 Å². The molecule has 1 aliphatic rings. The summed E-state index contributed by atoms with van der Waals surface area (Å²) >= 11 is 1.82. The maximum Gasteiger partial charge on any atom is 0.185 e. The first kappa shape index (κ1) is 10.9. The normalized spacial score (nSPS) is 26.2. The first-order valence-corrected chi connectivity index (χ1v) is 6.73. The molecule has 84 valence electrons. The van der Waals surface area contributed by atoms with Gasteiger partial charge in [0.05, 0.1) is 0 Å². The molecule has 1 aromatic rings. The second kappa shape index (κ2) is 4.52. The summed E-state index contributed by atoms with van der Waals surface area (Å²) in [6.07, 6.45) is 4.60. The molecule has 2 heterocycles. The third-order valence-corrected chi connectivity index (χ3v) is 4.48. The third kappa shape index (κ3) is 2.17. The summed E-state index contributed by atoms with van der Waals surface area (Å²) in [5, 5.41) is 1.22. The van der Waals surface area contributed by atoms with E-state index in [4.69, 9.17) is 0 Å². The van der Waals surface area contributed by atoms with Crippen LogP contribution in [-0.2, 0) is 0 Å². The quantitative estimate of drug-likeness (QED) is 0.783. The zero-order valence-electron chi connectivity index (χ0n) is 9.86. The molecule has 2 nitrogen and oxygen atoms in total. The van der Waals surface area contributed by atoms with Gasteiger partial charge in [-0.05, 0) is 18.8 Å². The summed E-state index contributed by atoms with van der Waals surface area (Å²) in [6, 6.07) is 0. The summed E-state index contributed by atoms with van der Waals surface area (Å²) in [5.74, 6) is 1.75. The maximum absolute atomic E-state index is 4.48. The predicted octanol–water partition coefficient (Wildman–Crippen LogP) is 3.32. The standard InChI is InChI=1S/C12H20N2S/c1-4-10-7-14(8-11(10)5-2)12-13-6-9(3)15-12/h6,10-11H,4-5,7-8H2,1-3H3. The van der Waals surface area contributed by atoms with E-state index < -0.39 is 0 Å². The molecule has 1 saturated heterocycles. The molecule has 0 aromatic carbocycles. The van der Waals surface area contributed by atoms with Crippen molar-refractivity contribution in [2.45, 2.75) is 33.6 Å². The molecule has 0 saturated carbocycles. The van der Waals surface area contributed by atoms with E-state index in [9.17, 15) is 0 Å². The van der Waals surface area contributed by atoms with Crippen LogP contribution in [0.3, 0.4) is 0 Å². The lowest BCUT2D eigenvalue weighted by molar-refractivity contribution is 0.397. The summed E-state index contributed by atoms with van der Waals surface area (Å²) in [7, 11) is 0. The molecular formula is C12H20N2S. The fraction of sp³-hybridized carbons (Fsp3) is 0.750. The van der Waals surface area contributed by atoms with Crippen molar-refractivity contribution in [3.8, 4) is 0 Å². The predicted molar refractivity (Wildman–Crippen MR) is 66.6 cm³/mol. The molecule has 2 atom stereocenters. The fourth-order valence-electron chi connectivity index (χ4n) is 2.51. The fourth-order valence-corrected chi connectivity index (χ4v) is 3.29. The molecule has 1 aromatic heterocycles. The van der Waals surface area contributed by atoms with Gasteiger partial charge in [-0.15, -0.1) is 11.3 Å². The van der Waals surface area contributed by atoms with E-state index in [0.29, 0.717) is 0 Å². The molecule has 2 rings (SSSR count). The zero-order chi connectivity index (χ0) is 10.8. The van der Waals surface area contributed by atoms with Crippen LogP contribution in [0, 0.1) is 18.8 Å². The van der Waals surface area contributed by atoms with Crippen LogP contribution in [0.25, 0.3) is 0 Å². The molecule has 1 fully saturated rings. The van der Waals surface area contributed by atoms with Gasteiger partial charge in [0.15, 0.2) is 5.13 Å². The van der Waals surface area contributed by atoms with Gasteiger partial charge in [0.1, 0.15) is 0 Å². The molecule has 0 aliphatic carbocycles. The van der Waals surface area contributed by atoms with Gasteiger partial charge in [0.25, 0.3) is 0 Å². The molecule has 1 aliphatic heterocycles. The van der Waals surface area contributed by atoms with Gasteiger partial charge in [-0.25, -0.2) is 4.98 Å². The van der Waals surface area contributed by atoms with Crippen molar-refractivity contribution in [2.24, 2.45) is 11.8 Å². The average Bonchev–Trinajstić information content (AvgIpc) is 2.82. The van der Waals surface area contributed by atoms with E-state index in [0.717, 1.165) is 11.8 Å². The van der Waals surface area contributed by atoms with Gasteiger partial charge in [-0.1, -0.05) is 26.7 Å². The monoisotopic (exact) mass is 224 g/mol. The highest BCUT2D eigenvalue weighted by Crippen LogP contribution is 2.33. The summed E-state index contributed by atoms with van der Waals surface area (Å²) in [6.45, 7) is 9.17. The van der Waals surface area contributed by atoms with Crippen molar-refractivity contribution in [2.75, 3.05) is 18.0 Å². The number of aryl methyl sites for hydroxylation is 1. The van der Waals surface area contributed by atoms with Crippen molar-refractivity contribution < 1.29 is 0 Å². The summed E-state index contributed by atoms with van der Waals surface area (Å²) in [4.78, 5) is 8.27. The van der Waals surface area contributed by atoms with E-state index in [1.54, 1.807) is 0 Å². The summed E-state index contributed by atoms with van der Waals surface area (Å²) in [5.41, 5.74) is 0. The lowest BCUT2D eigenvalue weighted by Crippen LogP contribution is -2.19. The van der Waals surface area contributed by atoms with E-state index >= 15 is 0 Å². The molecule has 0 spiro atoms. The number of nitrogens with zero attached hydrogens (tertiary/aromatic N) is 2. The minimum absolute atomic E-state index is 0.874. The molecule has 2 unspecified atom stereocenters. The van der Waals surface area contributed by atoms with Gasteiger partial charge < -0.3 is 4.90 Å². The van der Waals surface area contributed by atoms with Gasteiger partial charge in [-0.2, -0.15) is 0 Å². The lowest BCUT2D eigenvalue weighted by Gasteiger charge is -2.13. The average molecular weight is 224 g/mol. The Hall–Kier alpha value is -0.570. The van der Waals surface area contributed by atoms with Crippen LogP contribution in [0.4, 0.5) is 5.13 Å². The minimum atomic E-state index is 0.874. The van der Waals surface area contributed by atoms with Crippen molar-refractivity contribution in [1.82, 2.24) is 4.98 Å². The van der Waals surface area contributed by atoms with Crippen LogP contribution in [0.5, 0.6) is 0 Å². The third-order valence-electron chi connectivity index (χ3n) is 3.50. The SMILES string of the molecule is CCC1CN(c2ncc(C)s2)CC1CC. The van der Waals surface area contributed by atoms with Crippen molar-refractivity contribution in [3.05, 3.63) is 11.1 Å². The highest BCUT2D eigenvalue weighted by molar-refractivity contribution is 7.15. The topological polar surface area (TPSA) is 16.1 Å². The number of aromatic nitrogens is 1. The Labute approximate surface area is 96.3 Å². The second-order valence-electron chi connectivity index (χ2n) is 4.50. The van der Waals surface area contributed by atoms with Gasteiger partial charge in [0.2, 0.25) is 0 Å². The first-order valence-electron chi connectivity index (χ1n) is 5.92. The van der Waals surface area contributed by atoms with E-state index in [1.807, 2.05) is 17.5 Å². The van der Waals surface area contributed by atoms with Crippen LogP contribution in [0.15, 0.2) is 6.20 Å². The number of hydrogen-bond acceptors (Lipinski definition) is 3. The number of anilines is 1. The van der Waals surface area contributed by atoms with Gasteiger partial charge >= 0.3 is 0 Å². The Bertz CT molecular complexity index is 309. The number of hydrogen-bond donors (Lipinski definition) is 0.